The highest BCUT2D eigenvalue weighted by Gasteiger charge is 2.13. The van der Waals surface area contributed by atoms with Crippen molar-refractivity contribution in [1.82, 2.24) is 5.32 Å². The first-order chi connectivity index (χ1) is 13.0. The topological polar surface area (TPSA) is 38.3 Å². The number of benzene rings is 3. The van der Waals surface area contributed by atoms with Gasteiger partial charge in [-0.15, -0.1) is 0 Å². The fourth-order valence-corrected chi connectivity index (χ4v) is 3.02. The molecule has 3 nitrogen and oxygen atoms in total. The summed E-state index contributed by atoms with van der Waals surface area (Å²) < 4.78 is 18.4. The van der Waals surface area contributed by atoms with Crippen molar-refractivity contribution in [3.05, 3.63) is 99.8 Å². The first-order valence-corrected chi connectivity index (χ1v) is 8.87. The average Bonchev–Trinajstić information content (AvgIpc) is 2.68. The highest BCUT2D eigenvalue weighted by Crippen LogP contribution is 2.22. The van der Waals surface area contributed by atoms with Gasteiger partial charge in [-0.2, -0.15) is 0 Å². The van der Waals surface area contributed by atoms with Crippen molar-refractivity contribution in [2.24, 2.45) is 0 Å². The van der Waals surface area contributed by atoms with Crippen LogP contribution in [0.5, 0.6) is 5.75 Å². The second kappa shape index (κ2) is 8.69. The van der Waals surface area contributed by atoms with E-state index >= 15 is 0 Å². The van der Waals surface area contributed by atoms with Crippen molar-refractivity contribution >= 4 is 17.5 Å². The molecule has 0 aliphatic rings. The van der Waals surface area contributed by atoms with Crippen molar-refractivity contribution in [3.8, 4) is 5.75 Å². The summed E-state index contributed by atoms with van der Waals surface area (Å²) >= 11 is 5.98. The molecule has 0 spiro atoms. The highest BCUT2D eigenvalue weighted by atomic mass is 35.5. The summed E-state index contributed by atoms with van der Waals surface area (Å²) in [6.45, 7) is 0.366. The third-order valence-corrected chi connectivity index (χ3v) is 4.41. The molecule has 0 saturated carbocycles. The number of nitrogens with one attached hydrogen (secondary N) is 1. The first-order valence-electron chi connectivity index (χ1n) is 8.49. The molecule has 138 valence electrons. The van der Waals surface area contributed by atoms with Crippen LogP contribution in [0.1, 0.15) is 27.0 Å². The predicted octanol–water partition coefficient (Wildman–Crippen LogP) is 5.01. The maximum atomic E-state index is 13.1. The van der Waals surface area contributed by atoms with Crippen LogP contribution in [-0.4, -0.2) is 13.0 Å². The van der Waals surface area contributed by atoms with Gasteiger partial charge < -0.3 is 10.1 Å². The molecule has 0 heterocycles. The summed E-state index contributed by atoms with van der Waals surface area (Å²) in [6, 6.07) is 19.1. The van der Waals surface area contributed by atoms with E-state index in [-0.39, 0.29) is 11.7 Å². The lowest BCUT2D eigenvalue weighted by Gasteiger charge is -2.12. The van der Waals surface area contributed by atoms with E-state index in [0.717, 1.165) is 16.7 Å². The number of carbonyl (C=O) groups is 1. The average molecular weight is 384 g/mol. The zero-order valence-corrected chi connectivity index (χ0v) is 15.6. The normalized spacial score (nSPS) is 10.5. The van der Waals surface area contributed by atoms with Crippen LogP contribution in [0.15, 0.2) is 66.7 Å². The van der Waals surface area contributed by atoms with E-state index in [1.165, 1.54) is 19.2 Å². The number of amides is 1. The number of hydrogen-bond donors (Lipinski definition) is 1. The van der Waals surface area contributed by atoms with Gasteiger partial charge in [0.25, 0.3) is 5.91 Å². The molecule has 0 aliphatic heterocycles. The largest absolute Gasteiger partial charge is 0.496 e. The molecule has 0 atom stereocenters. The number of ether oxygens (including phenoxy) is 1. The summed E-state index contributed by atoms with van der Waals surface area (Å²) in [6.07, 6.45) is 0.596. The Morgan fingerprint density at radius 3 is 2.44 bits per heavy atom. The van der Waals surface area contributed by atoms with Crippen LogP contribution in [-0.2, 0) is 13.0 Å². The lowest BCUT2D eigenvalue weighted by Crippen LogP contribution is -2.23. The van der Waals surface area contributed by atoms with Crippen LogP contribution in [0.4, 0.5) is 4.39 Å². The Kier molecular flexibility index (Phi) is 6.09. The van der Waals surface area contributed by atoms with Gasteiger partial charge in [-0.05, 0) is 59.5 Å². The fourth-order valence-electron chi connectivity index (χ4n) is 2.80. The second-order valence-electron chi connectivity index (χ2n) is 6.15. The number of halogens is 2. The Bertz CT molecular complexity index is 941. The van der Waals surface area contributed by atoms with Gasteiger partial charge in [-0.25, -0.2) is 4.39 Å². The smallest absolute Gasteiger partial charge is 0.255 e. The second-order valence-corrected chi connectivity index (χ2v) is 6.59. The summed E-state index contributed by atoms with van der Waals surface area (Å²) in [7, 11) is 1.53. The van der Waals surface area contributed by atoms with Crippen molar-refractivity contribution < 1.29 is 13.9 Å². The van der Waals surface area contributed by atoms with Gasteiger partial charge in [-0.3, -0.25) is 4.79 Å². The molecule has 3 aromatic carbocycles. The number of hydrogen-bond acceptors (Lipinski definition) is 2. The zero-order valence-electron chi connectivity index (χ0n) is 14.8. The lowest BCUT2D eigenvalue weighted by molar-refractivity contribution is 0.0947. The van der Waals surface area contributed by atoms with Gasteiger partial charge in [-0.1, -0.05) is 41.9 Å². The molecule has 0 saturated heterocycles. The monoisotopic (exact) mass is 383 g/mol. The molecule has 0 fully saturated rings. The van der Waals surface area contributed by atoms with E-state index in [0.29, 0.717) is 29.3 Å². The van der Waals surface area contributed by atoms with Crippen LogP contribution < -0.4 is 10.1 Å². The Morgan fingerprint density at radius 2 is 1.74 bits per heavy atom. The highest BCUT2D eigenvalue weighted by molar-refractivity contribution is 6.30. The first kappa shape index (κ1) is 18.9. The van der Waals surface area contributed by atoms with Gasteiger partial charge >= 0.3 is 0 Å². The molecule has 5 heteroatoms. The minimum absolute atomic E-state index is 0.229. The van der Waals surface area contributed by atoms with Crippen LogP contribution in [0, 0.1) is 5.82 Å². The summed E-state index contributed by atoms with van der Waals surface area (Å²) in [4.78, 5) is 12.7. The fraction of sp³-hybridized carbons (Fsp3) is 0.136. The lowest BCUT2D eigenvalue weighted by atomic mass is 10.0. The van der Waals surface area contributed by atoms with Gasteiger partial charge in [0, 0.05) is 11.6 Å². The van der Waals surface area contributed by atoms with Gasteiger partial charge in [0.05, 0.1) is 12.7 Å². The Morgan fingerprint density at radius 1 is 1.00 bits per heavy atom. The number of rotatable bonds is 6. The van der Waals surface area contributed by atoms with Gasteiger partial charge in [0.15, 0.2) is 0 Å². The summed E-state index contributed by atoms with van der Waals surface area (Å²) in [5.41, 5.74) is 3.28. The Balaban J connectivity index is 1.76. The van der Waals surface area contributed by atoms with E-state index in [1.54, 1.807) is 30.3 Å². The Labute approximate surface area is 162 Å². The Hall–Kier alpha value is -2.85. The number of methoxy groups -OCH3 is 1. The molecule has 3 aromatic rings. The van der Waals surface area contributed by atoms with Gasteiger partial charge in [0.1, 0.15) is 11.6 Å². The zero-order chi connectivity index (χ0) is 19.2. The van der Waals surface area contributed by atoms with Crippen LogP contribution >= 0.6 is 11.6 Å². The van der Waals surface area contributed by atoms with E-state index < -0.39 is 0 Å². The quantitative estimate of drug-likeness (QED) is 0.649. The van der Waals surface area contributed by atoms with Crippen molar-refractivity contribution in [3.63, 3.8) is 0 Å². The molecule has 0 radical (unpaired) electrons. The van der Waals surface area contributed by atoms with Gasteiger partial charge in [0.2, 0.25) is 0 Å². The maximum absolute atomic E-state index is 13.1. The predicted molar refractivity (Wildman–Crippen MR) is 105 cm³/mol. The number of carbonyl (C=O) groups excluding carboxylic acids is 1. The molecule has 27 heavy (non-hydrogen) atoms. The van der Waals surface area contributed by atoms with E-state index in [9.17, 15) is 9.18 Å². The van der Waals surface area contributed by atoms with Crippen molar-refractivity contribution in [2.75, 3.05) is 7.11 Å². The standard InChI is InChI=1S/C22H19ClFNO2/c1-27-21-10-7-16(11-15-5-8-19(24)9-6-15)13-20(21)22(26)25-14-17-3-2-4-18(23)12-17/h2-10,12-13H,11,14H2,1H3,(H,25,26). The van der Waals surface area contributed by atoms with E-state index in [2.05, 4.69) is 5.32 Å². The molecule has 0 aliphatic carbocycles. The minimum atomic E-state index is -0.269. The molecule has 0 unspecified atom stereocenters. The molecular weight excluding hydrogens is 365 g/mol. The third kappa shape index (κ3) is 5.08. The van der Waals surface area contributed by atoms with E-state index in [4.69, 9.17) is 16.3 Å². The third-order valence-electron chi connectivity index (χ3n) is 4.17. The summed E-state index contributed by atoms with van der Waals surface area (Å²) in [5, 5.41) is 3.51. The van der Waals surface area contributed by atoms with Crippen LogP contribution in [0.25, 0.3) is 0 Å². The summed E-state index contributed by atoms with van der Waals surface area (Å²) in [5.74, 6) is 0.00351. The van der Waals surface area contributed by atoms with Crippen molar-refractivity contribution in [1.29, 1.82) is 0 Å². The molecule has 3 rings (SSSR count). The maximum Gasteiger partial charge on any atom is 0.255 e. The molecule has 0 aromatic heterocycles. The SMILES string of the molecule is COc1ccc(Cc2ccc(F)cc2)cc1C(=O)NCc1cccc(Cl)c1. The van der Waals surface area contributed by atoms with Crippen LogP contribution in [0.2, 0.25) is 5.02 Å². The molecule has 0 bridgehead atoms. The molecular formula is C22H19ClFNO2. The van der Waals surface area contributed by atoms with E-state index in [1.807, 2.05) is 24.3 Å². The minimum Gasteiger partial charge on any atom is -0.496 e. The molecule has 1 amide bonds. The molecule has 1 N–H and O–H groups in total. The van der Waals surface area contributed by atoms with Crippen molar-refractivity contribution in [2.45, 2.75) is 13.0 Å². The van der Waals surface area contributed by atoms with Crippen LogP contribution in [0.3, 0.4) is 0 Å².